The summed E-state index contributed by atoms with van der Waals surface area (Å²) in [5, 5.41) is 6.76. The van der Waals surface area contributed by atoms with Crippen LogP contribution in [0.5, 0.6) is 0 Å². The summed E-state index contributed by atoms with van der Waals surface area (Å²) in [7, 11) is 0. The van der Waals surface area contributed by atoms with E-state index in [4.69, 9.17) is 0 Å². The lowest BCUT2D eigenvalue weighted by atomic mass is 9.92. The smallest absolute Gasteiger partial charge is 0.339 e. The number of rotatable bonds is 2. The van der Waals surface area contributed by atoms with Crippen molar-refractivity contribution < 1.29 is 22.5 Å². The minimum atomic E-state index is -4.68. The molecule has 0 unspecified atom stereocenters. The molecule has 0 aliphatic carbocycles. The lowest BCUT2D eigenvalue weighted by Crippen LogP contribution is -2.32. The SMILES string of the molecule is Cl.O=C(c1ccc(-c2noc(C(F)(F)F)n2)cc1)N1CC[C@@H]2CNC[C@@H]2CC1. The Bertz CT molecular complexity index is 811. The third-order valence-electron chi connectivity index (χ3n) is 5.37. The molecule has 3 heterocycles. The fourth-order valence-electron chi connectivity index (χ4n) is 3.82. The normalized spacial score (nSPS) is 22.3. The maximum atomic E-state index is 12.8. The highest BCUT2D eigenvalue weighted by atomic mass is 35.5. The quantitative estimate of drug-likeness (QED) is 0.813. The van der Waals surface area contributed by atoms with E-state index in [9.17, 15) is 18.0 Å². The largest absolute Gasteiger partial charge is 0.471 e. The molecule has 0 saturated carbocycles. The lowest BCUT2D eigenvalue weighted by Gasteiger charge is -2.21. The number of aromatic nitrogens is 2. The third kappa shape index (κ3) is 4.15. The van der Waals surface area contributed by atoms with E-state index in [1.54, 1.807) is 12.1 Å². The summed E-state index contributed by atoms with van der Waals surface area (Å²) in [6, 6.07) is 6.26. The summed E-state index contributed by atoms with van der Waals surface area (Å²) in [6.07, 6.45) is -2.70. The highest BCUT2D eigenvalue weighted by Gasteiger charge is 2.38. The second kappa shape index (κ2) is 8.08. The van der Waals surface area contributed by atoms with Crippen molar-refractivity contribution in [1.29, 1.82) is 0 Å². The van der Waals surface area contributed by atoms with Crippen molar-refractivity contribution in [2.24, 2.45) is 11.8 Å². The van der Waals surface area contributed by atoms with Gasteiger partial charge in [0.1, 0.15) is 0 Å². The second-order valence-corrected chi connectivity index (χ2v) is 7.05. The Morgan fingerprint density at radius 3 is 2.25 bits per heavy atom. The molecule has 28 heavy (non-hydrogen) atoms. The molecule has 0 spiro atoms. The molecule has 1 aromatic heterocycles. The van der Waals surface area contributed by atoms with Crippen molar-refractivity contribution in [2.75, 3.05) is 26.2 Å². The number of hydrogen-bond acceptors (Lipinski definition) is 5. The van der Waals surface area contributed by atoms with Gasteiger partial charge in [-0.2, -0.15) is 18.2 Å². The molecule has 1 N–H and O–H groups in total. The molecule has 2 atom stereocenters. The van der Waals surface area contributed by atoms with Crippen molar-refractivity contribution in [3.63, 3.8) is 0 Å². The number of carbonyl (C=O) groups is 1. The molecular formula is C18H20ClF3N4O2. The van der Waals surface area contributed by atoms with Crippen LogP contribution in [0.4, 0.5) is 13.2 Å². The van der Waals surface area contributed by atoms with E-state index in [1.165, 1.54) is 12.1 Å². The Labute approximate surface area is 165 Å². The first-order valence-electron chi connectivity index (χ1n) is 8.93. The van der Waals surface area contributed by atoms with Gasteiger partial charge in [-0.25, -0.2) is 0 Å². The molecule has 6 nitrogen and oxygen atoms in total. The number of hydrogen-bond donors (Lipinski definition) is 1. The van der Waals surface area contributed by atoms with E-state index in [0.29, 0.717) is 23.0 Å². The zero-order chi connectivity index (χ0) is 19.0. The molecule has 1 amide bonds. The summed E-state index contributed by atoms with van der Waals surface area (Å²) < 4.78 is 41.9. The van der Waals surface area contributed by atoms with Crippen LogP contribution >= 0.6 is 12.4 Å². The molecule has 0 bridgehead atoms. The van der Waals surface area contributed by atoms with Crippen LogP contribution < -0.4 is 5.32 Å². The average Bonchev–Trinajstić information content (AvgIpc) is 3.27. The van der Waals surface area contributed by atoms with Gasteiger partial charge in [-0.3, -0.25) is 4.79 Å². The molecule has 2 saturated heterocycles. The Kier molecular flexibility index (Phi) is 5.95. The predicted molar refractivity (Wildman–Crippen MR) is 97.0 cm³/mol. The second-order valence-electron chi connectivity index (χ2n) is 7.05. The van der Waals surface area contributed by atoms with Gasteiger partial charge in [-0.05, 0) is 49.9 Å². The van der Waals surface area contributed by atoms with E-state index in [-0.39, 0.29) is 24.1 Å². The summed E-state index contributed by atoms with van der Waals surface area (Å²) in [5.74, 6) is -0.338. The third-order valence-corrected chi connectivity index (χ3v) is 5.37. The number of benzene rings is 1. The minimum absolute atomic E-state index is 0. The van der Waals surface area contributed by atoms with Crippen molar-refractivity contribution >= 4 is 18.3 Å². The molecule has 4 rings (SSSR count). The fraction of sp³-hybridized carbons (Fsp3) is 0.500. The average molecular weight is 417 g/mol. The lowest BCUT2D eigenvalue weighted by molar-refractivity contribution is -0.159. The van der Waals surface area contributed by atoms with Crippen LogP contribution in [0.15, 0.2) is 28.8 Å². The summed E-state index contributed by atoms with van der Waals surface area (Å²) in [6.45, 7) is 3.49. The highest BCUT2D eigenvalue weighted by Crippen LogP contribution is 2.30. The molecule has 0 radical (unpaired) electrons. The van der Waals surface area contributed by atoms with Gasteiger partial charge in [0.15, 0.2) is 0 Å². The van der Waals surface area contributed by atoms with Gasteiger partial charge in [-0.1, -0.05) is 17.3 Å². The summed E-state index contributed by atoms with van der Waals surface area (Å²) >= 11 is 0. The number of carbonyl (C=O) groups excluding carboxylic acids is 1. The number of nitrogens with one attached hydrogen (secondary N) is 1. The topological polar surface area (TPSA) is 71.3 Å². The first-order chi connectivity index (χ1) is 12.9. The molecule has 1 aromatic carbocycles. The van der Waals surface area contributed by atoms with Gasteiger partial charge < -0.3 is 14.7 Å². The number of fused-ring (bicyclic) bond motifs is 1. The maximum Gasteiger partial charge on any atom is 0.471 e. The highest BCUT2D eigenvalue weighted by molar-refractivity contribution is 5.94. The number of amides is 1. The van der Waals surface area contributed by atoms with Gasteiger partial charge >= 0.3 is 12.1 Å². The van der Waals surface area contributed by atoms with E-state index in [1.807, 2.05) is 4.90 Å². The van der Waals surface area contributed by atoms with Crippen LogP contribution in [-0.2, 0) is 6.18 Å². The summed E-state index contributed by atoms with van der Waals surface area (Å²) in [5.41, 5.74) is 0.866. The van der Waals surface area contributed by atoms with Gasteiger partial charge in [0.2, 0.25) is 5.82 Å². The van der Waals surface area contributed by atoms with Crippen LogP contribution in [0.1, 0.15) is 29.1 Å². The maximum absolute atomic E-state index is 12.8. The number of alkyl halides is 3. The fourth-order valence-corrected chi connectivity index (χ4v) is 3.82. The first-order valence-corrected chi connectivity index (χ1v) is 8.93. The molecule has 2 fully saturated rings. The van der Waals surface area contributed by atoms with Gasteiger partial charge in [0.05, 0.1) is 0 Å². The van der Waals surface area contributed by atoms with Gasteiger partial charge in [0.25, 0.3) is 5.91 Å². The van der Waals surface area contributed by atoms with E-state index in [0.717, 1.165) is 39.0 Å². The van der Waals surface area contributed by atoms with Crippen molar-refractivity contribution in [1.82, 2.24) is 20.4 Å². The monoisotopic (exact) mass is 416 g/mol. The standard InChI is InChI=1S/C18H19F3N4O2.ClH/c19-18(20,21)17-23-15(24-27-17)11-1-3-12(4-2-11)16(26)25-7-5-13-9-22-10-14(13)6-8-25;/h1-4,13-14,22H,5-10H2;1H/t13-,14+;. The van der Waals surface area contributed by atoms with Crippen molar-refractivity contribution in [3.05, 3.63) is 35.7 Å². The van der Waals surface area contributed by atoms with Crippen LogP contribution in [0.2, 0.25) is 0 Å². The Morgan fingerprint density at radius 1 is 1.11 bits per heavy atom. The van der Waals surface area contributed by atoms with E-state index in [2.05, 4.69) is 20.0 Å². The minimum Gasteiger partial charge on any atom is -0.339 e. The molecular weight excluding hydrogens is 397 g/mol. The van der Waals surface area contributed by atoms with E-state index >= 15 is 0 Å². The zero-order valence-electron chi connectivity index (χ0n) is 14.9. The van der Waals surface area contributed by atoms with E-state index < -0.39 is 12.1 Å². The number of likely N-dealkylation sites (tertiary alicyclic amines) is 1. The molecule has 2 aliphatic rings. The van der Waals surface area contributed by atoms with Crippen LogP contribution in [0.3, 0.4) is 0 Å². The predicted octanol–water partition coefficient (Wildman–Crippen LogP) is 3.25. The molecule has 152 valence electrons. The molecule has 10 heteroatoms. The van der Waals surface area contributed by atoms with Crippen LogP contribution in [0.25, 0.3) is 11.4 Å². The van der Waals surface area contributed by atoms with Crippen molar-refractivity contribution in [2.45, 2.75) is 19.0 Å². The number of nitrogens with zero attached hydrogens (tertiary/aromatic N) is 3. The summed E-state index contributed by atoms with van der Waals surface area (Å²) in [4.78, 5) is 18.0. The van der Waals surface area contributed by atoms with Gasteiger partial charge in [-0.15, -0.1) is 12.4 Å². The molecule has 2 aliphatic heterocycles. The Hall–Kier alpha value is -2.13. The molecule has 2 aromatic rings. The number of halogens is 4. The zero-order valence-corrected chi connectivity index (χ0v) is 15.7. The van der Waals surface area contributed by atoms with Crippen molar-refractivity contribution in [3.8, 4) is 11.4 Å². The first kappa shape index (κ1) is 20.6. The Morgan fingerprint density at radius 2 is 1.71 bits per heavy atom. The van der Waals surface area contributed by atoms with Crippen LogP contribution in [0, 0.1) is 11.8 Å². The van der Waals surface area contributed by atoms with Crippen LogP contribution in [-0.4, -0.2) is 47.1 Å². The van der Waals surface area contributed by atoms with Gasteiger partial charge in [0, 0.05) is 24.2 Å². The Balaban J connectivity index is 0.00000225.